The molecule has 0 atom stereocenters. The molecule has 3 rings (SSSR count). The molecule has 2 aromatic rings. The Morgan fingerprint density at radius 2 is 2.00 bits per heavy atom. The van der Waals surface area contributed by atoms with E-state index in [1.807, 2.05) is 0 Å². The largest absolute Gasteiger partial charge is 0.508 e. The molecule has 1 fully saturated rings. The second-order valence-electron chi connectivity index (χ2n) is 6.56. The third kappa shape index (κ3) is 3.05. The molecule has 5 heteroatoms. The first-order valence-electron chi connectivity index (χ1n) is 7.27. The minimum Gasteiger partial charge on any atom is -0.508 e. The summed E-state index contributed by atoms with van der Waals surface area (Å²) in [6, 6.07) is 4.70. The monoisotopic (exact) mass is 306 g/mol. The van der Waals surface area contributed by atoms with Crippen molar-refractivity contribution in [3.63, 3.8) is 0 Å². The Bertz CT molecular complexity index is 641. The van der Waals surface area contributed by atoms with Crippen molar-refractivity contribution in [2.45, 2.75) is 45.4 Å². The van der Waals surface area contributed by atoms with Gasteiger partial charge in [-0.05, 0) is 49.3 Å². The molecule has 1 aromatic carbocycles. The zero-order valence-corrected chi connectivity index (χ0v) is 13.0. The molecule has 4 nitrogen and oxygen atoms in total. The number of rotatable bonds is 2. The maximum atomic E-state index is 9.56. The van der Waals surface area contributed by atoms with E-state index in [0.717, 1.165) is 18.7 Å². The van der Waals surface area contributed by atoms with Crippen molar-refractivity contribution in [3.05, 3.63) is 29.0 Å². The van der Waals surface area contributed by atoms with E-state index in [-0.39, 0.29) is 5.75 Å². The summed E-state index contributed by atoms with van der Waals surface area (Å²) in [6.45, 7) is 4.61. The van der Waals surface area contributed by atoms with Crippen LogP contribution in [-0.4, -0.2) is 15.2 Å². The highest BCUT2D eigenvalue weighted by molar-refractivity contribution is 6.33. The summed E-state index contributed by atoms with van der Waals surface area (Å²) in [4.78, 5) is 4.48. The maximum absolute atomic E-state index is 9.56. The fraction of sp³-hybridized carbons (Fsp3) is 0.500. The summed E-state index contributed by atoms with van der Waals surface area (Å²) in [5.41, 5.74) is 0.990. The van der Waals surface area contributed by atoms with Crippen molar-refractivity contribution in [3.8, 4) is 17.2 Å². The Balaban J connectivity index is 1.82. The fourth-order valence-corrected chi connectivity index (χ4v) is 3.04. The lowest BCUT2D eigenvalue weighted by molar-refractivity contribution is 0.218. The Labute approximate surface area is 129 Å². The first-order valence-corrected chi connectivity index (χ1v) is 7.65. The lowest BCUT2D eigenvalue weighted by Crippen LogP contribution is -2.20. The molecule has 1 aliphatic rings. The van der Waals surface area contributed by atoms with Crippen LogP contribution < -0.4 is 0 Å². The summed E-state index contributed by atoms with van der Waals surface area (Å²) >= 11 is 6.12. The molecule has 1 aliphatic carbocycles. The van der Waals surface area contributed by atoms with Crippen molar-refractivity contribution >= 4 is 11.6 Å². The second kappa shape index (κ2) is 5.34. The molecule has 0 saturated heterocycles. The number of hydrogen-bond donors (Lipinski definition) is 1. The van der Waals surface area contributed by atoms with Crippen molar-refractivity contribution < 1.29 is 9.63 Å². The predicted molar refractivity (Wildman–Crippen MR) is 81.4 cm³/mol. The van der Waals surface area contributed by atoms with Crippen LogP contribution in [0.1, 0.15) is 51.3 Å². The van der Waals surface area contributed by atoms with Crippen LogP contribution in [0.2, 0.25) is 5.02 Å². The van der Waals surface area contributed by atoms with Crippen molar-refractivity contribution in [2.24, 2.45) is 5.41 Å². The van der Waals surface area contributed by atoms with E-state index in [1.165, 1.54) is 18.9 Å². The van der Waals surface area contributed by atoms with E-state index in [1.54, 1.807) is 12.1 Å². The molecule has 21 heavy (non-hydrogen) atoms. The van der Waals surface area contributed by atoms with E-state index in [4.69, 9.17) is 16.1 Å². The normalized spacial score (nSPS) is 18.8. The first kappa shape index (κ1) is 14.4. The zero-order chi connectivity index (χ0) is 15.0. The molecule has 0 radical (unpaired) electrons. The van der Waals surface area contributed by atoms with E-state index in [9.17, 15) is 5.11 Å². The molecule has 0 unspecified atom stereocenters. The lowest BCUT2D eigenvalue weighted by atomic mass is 9.73. The van der Waals surface area contributed by atoms with Gasteiger partial charge in [0, 0.05) is 5.92 Å². The molecule has 1 aromatic heterocycles. The first-order chi connectivity index (χ1) is 9.94. The van der Waals surface area contributed by atoms with Crippen molar-refractivity contribution in [1.29, 1.82) is 0 Å². The van der Waals surface area contributed by atoms with E-state index >= 15 is 0 Å². The van der Waals surface area contributed by atoms with Crippen LogP contribution in [0.4, 0.5) is 0 Å². The van der Waals surface area contributed by atoms with Crippen molar-refractivity contribution in [1.82, 2.24) is 10.1 Å². The molecular weight excluding hydrogens is 288 g/mol. The number of hydrogen-bond acceptors (Lipinski definition) is 4. The Morgan fingerprint density at radius 3 is 2.71 bits per heavy atom. The van der Waals surface area contributed by atoms with Crippen LogP contribution >= 0.6 is 11.6 Å². The highest BCUT2D eigenvalue weighted by Gasteiger charge is 2.30. The highest BCUT2D eigenvalue weighted by Crippen LogP contribution is 2.42. The van der Waals surface area contributed by atoms with Gasteiger partial charge >= 0.3 is 0 Å². The SMILES string of the molecule is CC1(C)CCC(c2noc(-c3cc(O)ccc3Cl)n2)CC1. The summed E-state index contributed by atoms with van der Waals surface area (Å²) in [5.74, 6) is 1.61. The molecule has 1 saturated carbocycles. The van der Waals surface area contributed by atoms with Crippen LogP contribution in [0.3, 0.4) is 0 Å². The molecule has 1 heterocycles. The van der Waals surface area contributed by atoms with Gasteiger partial charge in [-0.15, -0.1) is 0 Å². The zero-order valence-electron chi connectivity index (χ0n) is 12.3. The number of benzene rings is 1. The molecular formula is C16H19ClN2O2. The Morgan fingerprint density at radius 1 is 1.29 bits per heavy atom. The quantitative estimate of drug-likeness (QED) is 0.867. The fourth-order valence-electron chi connectivity index (χ4n) is 2.84. The summed E-state index contributed by atoms with van der Waals surface area (Å²) in [6.07, 6.45) is 4.52. The van der Waals surface area contributed by atoms with Crippen LogP contribution in [-0.2, 0) is 0 Å². The number of phenolic OH excluding ortho intramolecular Hbond substituents is 1. The van der Waals surface area contributed by atoms with Gasteiger partial charge in [-0.1, -0.05) is 30.6 Å². The topological polar surface area (TPSA) is 59.2 Å². The summed E-state index contributed by atoms with van der Waals surface area (Å²) < 4.78 is 5.34. The van der Waals surface area contributed by atoms with Gasteiger partial charge in [0.15, 0.2) is 5.82 Å². The minimum absolute atomic E-state index is 0.133. The van der Waals surface area contributed by atoms with Gasteiger partial charge in [0.2, 0.25) is 0 Å². The van der Waals surface area contributed by atoms with Gasteiger partial charge in [-0.3, -0.25) is 0 Å². The molecule has 112 valence electrons. The number of phenols is 1. The van der Waals surface area contributed by atoms with Crippen LogP contribution in [0.25, 0.3) is 11.5 Å². The summed E-state index contributed by atoms with van der Waals surface area (Å²) in [5, 5.41) is 14.2. The van der Waals surface area contributed by atoms with E-state index < -0.39 is 0 Å². The van der Waals surface area contributed by atoms with Crippen molar-refractivity contribution in [2.75, 3.05) is 0 Å². The molecule has 1 N–H and O–H groups in total. The van der Waals surface area contributed by atoms with Gasteiger partial charge in [0.25, 0.3) is 5.89 Å². The van der Waals surface area contributed by atoms with Gasteiger partial charge in [0.1, 0.15) is 5.75 Å². The molecule has 0 aliphatic heterocycles. The Kier molecular flexibility index (Phi) is 3.66. The third-order valence-corrected chi connectivity index (χ3v) is 4.66. The number of aromatic hydroxyl groups is 1. The van der Waals surface area contributed by atoms with Gasteiger partial charge in [-0.25, -0.2) is 0 Å². The van der Waals surface area contributed by atoms with Gasteiger partial charge in [0.05, 0.1) is 10.6 Å². The second-order valence-corrected chi connectivity index (χ2v) is 6.97. The summed E-state index contributed by atoms with van der Waals surface area (Å²) in [7, 11) is 0. The number of nitrogens with zero attached hydrogens (tertiary/aromatic N) is 2. The average Bonchev–Trinajstić information content (AvgIpc) is 2.91. The number of aromatic nitrogens is 2. The van der Waals surface area contributed by atoms with E-state index in [2.05, 4.69) is 24.0 Å². The van der Waals surface area contributed by atoms with Crippen LogP contribution in [0, 0.1) is 5.41 Å². The van der Waals surface area contributed by atoms with Gasteiger partial charge in [-0.2, -0.15) is 4.98 Å². The molecule has 0 amide bonds. The highest BCUT2D eigenvalue weighted by atomic mass is 35.5. The van der Waals surface area contributed by atoms with Crippen LogP contribution in [0.5, 0.6) is 5.75 Å². The smallest absolute Gasteiger partial charge is 0.259 e. The molecule has 0 spiro atoms. The molecule has 0 bridgehead atoms. The lowest BCUT2D eigenvalue weighted by Gasteiger charge is -2.32. The van der Waals surface area contributed by atoms with Crippen LogP contribution in [0.15, 0.2) is 22.7 Å². The predicted octanol–water partition coefficient (Wildman–Crippen LogP) is 4.78. The van der Waals surface area contributed by atoms with E-state index in [0.29, 0.717) is 27.8 Å². The van der Waals surface area contributed by atoms with Gasteiger partial charge < -0.3 is 9.63 Å². The Hall–Kier alpha value is -1.55. The third-order valence-electron chi connectivity index (χ3n) is 4.33. The standard InChI is InChI=1S/C16H19ClN2O2/c1-16(2)7-5-10(6-8-16)14-18-15(21-19-14)12-9-11(20)3-4-13(12)17/h3-4,9-10,20H,5-8H2,1-2H3. The number of halogens is 1. The minimum atomic E-state index is 0.133. The maximum Gasteiger partial charge on any atom is 0.259 e. The average molecular weight is 307 g/mol.